The molecule has 4 rings (SSSR count). The van der Waals surface area contributed by atoms with E-state index < -0.39 is 15.7 Å². The van der Waals surface area contributed by atoms with Crippen molar-refractivity contribution in [3.8, 4) is 0 Å². The molecule has 2 aromatic rings. The second-order valence-corrected chi connectivity index (χ2v) is 52.7. The minimum Gasteiger partial charge on any atom is -0.147 e. The van der Waals surface area contributed by atoms with Gasteiger partial charge in [-0.25, -0.2) is 0 Å². The Kier molecular flexibility index (Phi) is 8.96. The maximum atomic E-state index is 14.0. The summed E-state index contributed by atoms with van der Waals surface area (Å²) in [7, 11) is 0. The molecule has 2 unspecified atom stereocenters. The normalized spacial score (nSPS) is 20.6. The SMILES string of the molecule is CC1=[C]([Zr]([CH3])([CH3])(=[GeH2])[C]2=C(C)C(c3cccc(F)c3)=CC2C)C(C)C=C1c1cccc(F)c1.Cl.Cl. The molecule has 0 N–H and O–H groups in total. The van der Waals surface area contributed by atoms with Crippen molar-refractivity contribution < 1.29 is 24.4 Å². The average molecular weight is 643 g/mol. The van der Waals surface area contributed by atoms with Gasteiger partial charge < -0.3 is 0 Å². The van der Waals surface area contributed by atoms with Crippen LogP contribution in [0, 0.1) is 23.5 Å². The Morgan fingerprint density at radius 3 is 1.38 bits per heavy atom. The van der Waals surface area contributed by atoms with Gasteiger partial charge in [0.05, 0.1) is 0 Å². The first kappa shape index (κ1) is 29.5. The summed E-state index contributed by atoms with van der Waals surface area (Å²) >= 11 is -2.23. The summed E-state index contributed by atoms with van der Waals surface area (Å²) in [5.41, 5.74) is 7.00. The third-order valence-electron chi connectivity index (χ3n) is 7.36. The van der Waals surface area contributed by atoms with Gasteiger partial charge in [0.15, 0.2) is 0 Å². The van der Waals surface area contributed by atoms with E-state index in [2.05, 4.69) is 49.1 Å². The van der Waals surface area contributed by atoms with Gasteiger partial charge in [-0.05, 0) is 0 Å². The van der Waals surface area contributed by atoms with Crippen LogP contribution in [0.2, 0.25) is 9.26 Å². The van der Waals surface area contributed by atoms with Crippen LogP contribution in [-0.2, 0) is 15.7 Å². The van der Waals surface area contributed by atoms with Gasteiger partial charge in [0.25, 0.3) is 0 Å². The Morgan fingerprint density at radius 1 is 0.706 bits per heavy atom. The summed E-state index contributed by atoms with van der Waals surface area (Å²) in [6, 6.07) is 13.9. The van der Waals surface area contributed by atoms with Crippen molar-refractivity contribution in [2.45, 2.75) is 37.0 Å². The zero-order chi connectivity index (χ0) is 23.4. The fourth-order valence-electron chi connectivity index (χ4n) is 6.64. The van der Waals surface area contributed by atoms with Gasteiger partial charge in [0.1, 0.15) is 0 Å². The van der Waals surface area contributed by atoms with E-state index in [9.17, 15) is 8.78 Å². The molecule has 6 heteroatoms. The number of hydrogen-bond donors (Lipinski definition) is 0. The molecule has 0 saturated heterocycles. The van der Waals surface area contributed by atoms with Crippen molar-refractivity contribution in [3.63, 3.8) is 0 Å². The van der Waals surface area contributed by atoms with Crippen molar-refractivity contribution in [2.24, 2.45) is 11.8 Å². The maximum Gasteiger partial charge on any atom is -0.147 e. The van der Waals surface area contributed by atoms with Crippen molar-refractivity contribution in [1.29, 1.82) is 0 Å². The first-order valence-electron chi connectivity index (χ1n) is 11.4. The molecule has 0 radical (unpaired) electrons. The number of hydrogen-bond acceptors (Lipinski definition) is 0. The van der Waals surface area contributed by atoms with E-state index in [0.29, 0.717) is 11.8 Å². The first-order valence-corrected chi connectivity index (χ1v) is 29.2. The number of allylic oxidation sites excluding steroid dienone is 8. The largest absolute Gasteiger partial charge is 0.147 e. The van der Waals surface area contributed by atoms with Crippen LogP contribution in [0.4, 0.5) is 8.78 Å². The van der Waals surface area contributed by atoms with Crippen LogP contribution in [0.3, 0.4) is 0 Å². The fraction of sp³-hybridized carbons (Fsp3) is 0.286. The summed E-state index contributed by atoms with van der Waals surface area (Å²) in [5.74, 6) is 0.333. The third-order valence-corrected chi connectivity index (χ3v) is 29.4. The minimum atomic E-state index is -3.49. The summed E-state index contributed by atoms with van der Waals surface area (Å²) in [6.45, 7) is 9.08. The van der Waals surface area contributed by atoms with E-state index >= 15 is 0 Å². The van der Waals surface area contributed by atoms with Crippen LogP contribution in [0.15, 0.2) is 78.4 Å². The van der Waals surface area contributed by atoms with E-state index in [0.717, 1.165) is 11.1 Å². The Balaban J connectivity index is 0.00000204. The molecular formula is C28H34Cl2F2GeZr. The standard InChI is InChI=1S/2C13H12F.2CH3.2ClH.GeH2.Zr/c2*1-9-6-10(2)13(7-9)11-4-3-5-12(14)8-11;;;;;;/h2*3-5,7-9H,1-2H3;2*1H3;2*1H;1H2;. The predicted octanol–water partition coefficient (Wildman–Crippen LogP) is 8.46. The van der Waals surface area contributed by atoms with Gasteiger partial charge in [-0.3, -0.25) is 0 Å². The van der Waals surface area contributed by atoms with Crippen molar-refractivity contribution in [1.82, 2.24) is 0 Å². The van der Waals surface area contributed by atoms with E-state index in [1.165, 1.54) is 46.6 Å². The quantitative estimate of drug-likeness (QED) is 0.294. The van der Waals surface area contributed by atoms with Crippen LogP contribution in [0.5, 0.6) is 0 Å². The molecular weight excluding hydrogens is 609 g/mol. The Labute approximate surface area is 220 Å². The topological polar surface area (TPSA) is 0 Å². The van der Waals surface area contributed by atoms with E-state index in [-0.39, 0.29) is 36.4 Å². The molecule has 0 spiro atoms. The van der Waals surface area contributed by atoms with Gasteiger partial charge >= 0.3 is 198 Å². The van der Waals surface area contributed by atoms with Crippen LogP contribution in [-0.4, -0.2) is 12.1 Å². The van der Waals surface area contributed by atoms with Crippen LogP contribution in [0.1, 0.15) is 38.8 Å². The van der Waals surface area contributed by atoms with Gasteiger partial charge in [-0.2, -0.15) is 0 Å². The summed E-state index contributed by atoms with van der Waals surface area (Å²) in [6.07, 6.45) is 4.68. The molecule has 182 valence electrons. The van der Waals surface area contributed by atoms with Gasteiger partial charge in [-0.15, -0.1) is 24.8 Å². The van der Waals surface area contributed by atoms with Gasteiger partial charge in [-0.1, -0.05) is 0 Å². The summed E-state index contributed by atoms with van der Waals surface area (Å²) in [4.78, 5) is 0. The van der Waals surface area contributed by atoms with Gasteiger partial charge in [0.2, 0.25) is 0 Å². The molecule has 0 heterocycles. The molecule has 0 bridgehead atoms. The number of rotatable bonds is 4. The Hall–Kier alpha value is -0.734. The third kappa shape index (κ3) is 5.06. The average Bonchev–Trinajstić information content (AvgIpc) is 3.17. The molecule has 2 atom stereocenters. The minimum absolute atomic E-state index is 0. The molecule has 2 aromatic carbocycles. The zero-order valence-corrected chi connectivity index (χ0v) is 27.8. The first-order chi connectivity index (χ1) is 14.9. The molecule has 0 aromatic heterocycles. The number of benzene rings is 2. The monoisotopic (exact) mass is 642 g/mol. The van der Waals surface area contributed by atoms with Crippen LogP contribution in [0.25, 0.3) is 11.1 Å². The van der Waals surface area contributed by atoms with Crippen molar-refractivity contribution >= 4 is 48.1 Å². The summed E-state index contributed by atoms with van der Waals surface area (Å²) < 4.78 is 36.3. The second-order valence-electron chi connectivity index (χ2n) is 10.5. The molecule has 0 fully saturated rings. The fourth-order valence-corrected chi connectivity index (χ4v) is 36.1. The molecule has 0 saturated carbocycles. The predicted molar refractivity (Wildman–Crippen MR) is 147 cm³/mol. The van der Waals surface area contributed by atoms with E-state index in [1.807, 2.05) is 12.1 Å². The van der Waals surface area contributed by atoms with Crippen LogP contribution < -0.4 is 0 Å². The van der Waals surface area contributed by atoms with Crippen LogP contribution >= 0.6 is 24.8 Å². The Bertz CT molecular complexity index is 1230. The van der Waals surface area contributed by atoms with Crippen molar-refractivity contribution in [3.05, 3.63) is 101 Å². The Morgan fingerprint density at radius 2 is 1.06 bits per heavy atom. The molecule has 0 amide bonds. The molecule has 2 aliphatic rings. The van der Waals surface area contributed by atoms with Crippen molar-refractivity contribution in [2.75, 3.05) is 0 Å². The second kappa shape index (κ2) is 10.3. The zero-order valence-electron chi connectivity index (χ0n) is 20.7. The maximum absolute atomic E-state index is 14.0. The van der Waals surface area contributed by atoms with E-state index in [4.69, 9.17) is 0 Å². The molecule has 2 aliphatic carbocycles. The smallest absolute Gasteiger partial charge is 0.147 e. The molecule has 0 nitrogen and oxygen atoms in total. The summed E-state index contributed by atoms with van der Waals surface area (Å²) in [5, 5.41) is 0. The number of halogens is 4. The van der Waals surface area contributed by atoms with Gasteiger partial charge in [0, 0.05) is 0 Å². The molecule has 34 heavy (non-hydrogen) atoms. The van der Waals surface area contributed by atoms with E-state index in [1.54, 1.807) is 30.8 Å². The molecule has 0 aliphatic heterocycles.